The molecule has 2 aromatic carbocycles. The number of carbonyl (C=O) groups is 1. The number of fused-ring (bicyclic) bond motifs is 1. The van der Waals surface area contributed by atoms with Gasteiger partial charge in [0, 0.05) is 5.92 Å². The Kier molecular flexibility index (Phi) is 3.97. The summed E-state index contributed by atoms with van der Waals surface area (Å²) in [5.41, 5.74) is 2.10. The van der Waals surface area contributed by atoms with Crippen molar-refractivity contribution in [3.05, 3.63) is 60.2 Å². The van der Waals surface area contributed by atoms with Gasteiger partial charge in [0.25, 0.3) is 0 Å². The Morgan fingerprint density at radius 2 is 1.86 bits per heavy atom. The van der Waals surface area contributed by atoms with Crippen LogP contribution < -0.4 is 5.32 Å². The number of aromatic nitrogens is 1. The first-order chi connectivity index (χ1) is 10.2. The predicted octanol–water partition coefficient (Wildman–Crippen LogP) is 4.11. The van der Waals surface area contributed by atoms with Crippen molar-refractivity contribution in [1.82, 2.24) is 4.98 Å². The molecule has 1 N–H and O–H groups in total. The maximum Gasteiger partial charge on any atom is 0.229 e. The summed E-state index contributed by atoms with van der Waals surface area (Å²) in [5.74, 6) is -0.0719. The molecule has 0 aliphatic heterocycles. The van der Waals surface area contributed by atoms with Crippen LogP contribution in [0.4, 0.5) is 5.13 Å². The van der Waals surface area contributed by atoms with Crippen molar-refractivity contribution in [3.8, 4) is 0 Å². The van der Waals surface area contributed by atoms with Crippen LogP contribution >= 0.6 is 11.3 Å². The number of nitrogens with zero attached hydrogens (tertiary/aromatic N) is 1. The summed E-state index contributed by atoms with van der Waals surface area (Å²) in [6, 6.07) is 17.9. The van der Waals surface area contributed by atoms with E-state index >= 15 is 0 Å². The van der Waals surface area contributed by atoms with Crippen LogP contribution in [-0.2, 0) is 11.2 Å². The van der Waals surface area contributed by atoms with Gasteiger partial charge in [-0.3, -0.25) is 4.79 Å². The van der Waals surface area contributed by atoms with Gasteiger partial charge in [-0.25, -0.2) is 4.98 Å². The van der Waals surface area contributed by atoms with E-state index in [0.717, 1.165) is 16.6 Å². The van der Waals surface area contributed by atoms with Crippen LogP contribution in [0.3, 0.4) is 0 Å². The number of hydrogen-bond acceptors (Lipinski definition) is 3. The molecule has 1 unspecified atom stereocenters. The second-order valence-corrected chi connectivity index (χ2v) is 6.10. The molecule has 1 atom stereocenters. The summed E-state index contributed by atoms with van der Waals surface area (Å²) in [6.07, 6.45) is 0.734. The first-order valence-corrected chi connectivity index (χ1v) is 7.74. The third-order valence-electron chi connectivity index (χ3n) is 3.36. The van der Waals surface area contributed by atoms with Gasteiger partial charge < -0.3 is 5.32 Å². The van der Waals surface area contributed by atoms with E-state index in [1.54, 1.807) is 0 Å². The number of hydrogen-bond donors (Lipinski definition) is 1. The fourth-order valence-electron chi connectivity index (χ4n) is 2.21. The monoisotopic (exact) mass is 296 g/mol. The highest BCUT2D eigenvalue weighted by molar-refractivity contribution is 7.22. The van der Waals surface area contributed by atoms with Gasteiger partial charge in [0.05, 0.1) is 10.2 Å². The second kappa shape index (κ2) is 6.06. The zero-order valence-electron chi connectivity index (χ0n) is 11.7. The molecule has 0 spiro atoms. The first-order valence-electron chi connectivity index (χ1n) is 6.93. The SMILES string of the molecule is CC(Cc1ccccc1)C(=O)Nc1nc2ccccc2s1. The average Bonchev–Trinajstić information content (AvgIpc) is 2.90. The van der Waals surface area contributed by atoms with E-state index in [1.807, 2.05) is 61.5 Å². The number of carbonyl (C=O) groups excluding carboxylic acids is 1. The number of rotatable bonds is 4. The van der Waals surface area contributed by atoms with E-state index in [9.17, 15) is 4.79 Å². The van der Waals surface area contributed by atoms with Crippen molar-refractivity contribution in [1.29, 1.82) is 0 Å². The number of nitrogens with one attached hydrogen (secondary N) is 1. The Balaban J connectivity index is 1.68. The summed E-state index contributed by atoms with van der Waals surface area (Å²) in [4.78, 5) is 16.7. The van der Waals surface area contributed by atoms with E-state index in [0.29, 0.717) is 5.13 Å². The lowest BCUT2D eigenvalue weighted by molar-refractivity contribution is -0.119. The summed E-state index contributed by atoms with van der Waals surface area (Å²) in [5, 5.41) is 3.59. The summed E-state index contributed by atoms with van der Waals surface area (Å²) in [7, 11) is 0. The van der Waals surface area contributed by atoms with Crippen molar-refractivity contribution in [2.75, 3.05) is 5.32 Å². The maximum absolute atomic E-state index is 12.2. The molecule has 1 heterocycles. The van der Waals surface area contributed by atoms with Crippen LogP contribution in [-0.4, -0.2) is 10.9 Å². The molecular weight excluding hydrogens is 280 g/mol. The van der Waals surface area contributed by atoms with Gasteiger partial charge in [0.2, 0.25) is 5.91 Å². The van der Waals surface area contributed by atoms with Gasteiger partial charge in [0.15, 0.2) is 5.13 Å². The lowest BCUT2D eigenvalue weighted by Crippen LogP contribution is -2.22. The Bertz CT molecular complexity index is 719. The minimum atomic E-state index is -0.0839. The minimum absolute atomic E-state index is 0.0120. The molecule has 21 heavy (non-hydrogen) atoms. The van der Waals surface area contributed by atoms with Crippen LogP contribution in [0.1, 0.15) is 12.5 Å². The van der Waals surface area contributed by atoms with Crippen LogP contribution in [0.25, 0.3) is 10.2 Å². The number of thiazole rings is 1. The molecule has 3 nitrogen and oxygen atoms in total. The molecule has 0 fully saturated rings. The van der Waals surface area contributed by atoms with E-state index in [-0.39, 0.29) is 11.8 Å². The molecule has 0 saturated heterocycles. The van der Waals surface area contributed by atoms with E-state index in [4.69, 9.17) is 0 Å². The first kappa shape index (κ1) is 13.8. The summed E-state index contributed by atoms with van der Waals surface area (Å²) < 4.78 is 1.09. The third kappa shape index (κ3) is 3.28. The molecule has 0 radical (unpaired) electrons. The number of amides is 1. The van der Waals surface area contributed by atoms with Gasteiger partial charge in [-0.2, -0.15) is 0 Å². The minimum Gasteiger partial charge on any atom is -0.302 e. The maximum atomic E-state index is 12.2. The van der Waals surface area contributed by atoms with Gasteiger partial charge in [-0.05, 0) is 24.1 Å². The molecule has 0 aliphatic rings. The molecule has 0 saturated carbocycles. The average molecular weight is 296 g/mol. The highest BCUT2D eigenvalue weighted by Gasteiger charge is 2.15. The van der Waals surface area contributed by atoms with E-state index < -0.39 is 0 Å². The molecule has 3 rings (SSSR count). The number of anilines is 1. The topological polar surface area (TPSA) is 42.0 Å². The smallest absolute Gasteiger partial charge is 0.229 e. The molecule has 0 aliphatic carbocycles. The largest absolute Gasteiger partial charge is 0.302 e. The van der Waals surface area contributed by atoms with Crippen LogP contribution in [0, 0.1) is 5.92 Å². The van der Waals surface area contributed by atoms with Crippen molar-refractivity contribution < 1.29 is 4.79 Å². The Hall–Kier alpha value is -2.20. The van der Waals surface area contributed by atoms with Crippen LogP contribution in [0.15, 0.2) is 54.6 Å². The highest BCUT2D eigenvalue weighted by Crippen LogP contribution is 2.25. The lowest BCUT2D eigenvalue weighted by atomic mass is 10.0. The normalized spacial score (nSPS) is 12.2. The van der Waals surface area contributed by atoms with Crippen LogP contribution in [0.5, 0.6) is 0 Å². The summed E-state index contributed by atoms with van der Waals surface area (Å²) >= 11 is 1.51. The lowest BCUT2D eigenvalue weighted by Gasteiger charge is -2.10. The molecule has 1 aromatic heterocycles. The number of benzene rings is 2. The van der Waals surface area contributed by atoms with Crippen molar-refractivity contribution in [2.45, 2.75) is 13.3 Å². The molecule has 4 heteroatoms. The third-order valence-corrected chi connectivity index (χ3v) is 4.31. The molecule has 3 aromatic rings. The molecule has 1 amide bonds. The Labute approximate surface area is 127 Å². The Morgan fingerprint density at radius 3 is 2.62 bits per heavy atom. The van der Waals surface area contributed by atoms with Crippen molar-refractivity contribution in [3.63, 3.8) is 0 Å². The molecule has 0 bridgehead atoms. The zero-order chi connectivity index (χ0) is 14.7. The zero-order valence-corrected chi connectivity index (χ0v) is 12.6. The van der Waals surface area contributed by atoms with Gasteiger partial charge in [0.1, 0.15) is 0 Å². The fourth-order valence-corrected chi connectivity index (χ4v) is 3.08. The van der Waals surface area contributed by atoms with Gasteiger partial charge >= 0.3 is 0 Å². The Morgan fingerprint density at radius 1 is 1.14 bits per heavy atom. The quantitative estimate of drug-likeness (QED) is 0.787. The fraction of sp³-hybridized carbons (Fsp3) is 0.176. The highest BCUT2D eigenvalue weighted by atomic mass is 32.1. The second-order valence-electron chi connectivity index (χ2n) is 5.07. The molecule has 106 valence electrons. The summed E-state index contributed by atoms with van der Waals surface area (Å²) in [6.45, 7) is 1.94. The molecular formula is C17H16N2OS. The van der Waals surface area contributed by atoms with E-state index in [2.05, 4.69) is 10.3 Å². The van der Waals surface area contributed by atoms with Gasteiger partial charge in [-0.1, -0.05) is 60.7 Å². The van der Waals surface area contributed by atoms with Crippen molar-refractivity contribution in [2.24, 2.45) is 5.92 Å². The number of para-hydroxylation sites is 1. The van der Waals surface area contributed by atoms with Crippen LogP contribution in [0.2, 0.25) is 0 Å². The van der Waals surface area contributed by atoms with Gasteiger partial charge in [-0.15, -0.1) is 0 Å². The standard InChI is InChI=1S/C17H16N2OS/c1-12(11-13-7-3-2-4-8-13)16(20)19-17-18-14-9-5-6-10-15(14)21-17/h2-10,12H,11H2,1H3,(H,18,19,20). The van der Waals surface area contributed by atoms with E-state index in [1.165, 1.54) is 16.9 Å². The predicted molar refractivity (Wildman–Crippen MR) is 87.6 cm³/mol. The van der Waals surface area contributed by atoms with Crippen molar-refractivity contribution >= 4 is 32.6 Å².